The summed E-state index contributed by atoms with van der Waals surface area (Å²) in [5, 5.41) is 0. The van der Waals surface area contributed by atoms with Crippen molar-refractivity contribution >= 4 is 11.9 Å². The van der Waals surface area contributed by atoms with Crippen LogP contribution in [0.2, 0.25) is 0 Å². The van der Waals surface area contributed by atoms with Gasteiger partial charge in [-0.25, -0.2) is 4.79 Å². The highest BCUT2D eigenvalue weighted by molar-refractivity contribution is 5.96. The number of methoxy groups -OCH3 is 1. The quantitative estimate of drug-likeness (QED) is 0.688. The molecule has 0 saturated carbocycles. The summed E-state index contributed by atoms with van der Waals surface area (Å²) in [4.78, 5) is 25.8. The maximum absolute atomic E-state index is 12.5. The van der Waals surface area contributed by atoms with Crippen LogP contribution in [0.25, 0.3) is 0 Å². The molecule has 0 N–H and O–H groups in total. The van der Waals surface area contributed by atoms with Crippen LogP contribution >= 0.6 is 0 Å². The second kappa shape index (κ2) is 9.16. The van der Waals surface area contributed by atoms with Gasteiger partial charge >= 0.3 is 5.97 Å². The third kappa shape index (κ3) is 5.21. The number of carbonyl (C=O) groups is 2. The van der Waals surface area contributed by atoms with Gasteiger partial charge in [-0.15, -0.1) is 0 Å². The molecule has 0 spiro atoms. The van der Waals surface area contributed by atoms with Crippen LogP contribution in [0.4, 0.5) is 0 Å². The number of amides is 1. The summed E-state index contributed by atoms with van der Waals surface area (Å²) in [6.07, 6.45) is 4.15. The third-order valence-electron chi connectivity index (χ3n) is 3.40. The van der Waals surface area contributed by atoms with Crippen molar-refractivity contribution in [2.75, 3.05) is 20.2 Å². The number of nitrogens with zero attached hydrogens (tertiary/aromatic N) is 1. The van der Waals surface area contributed by atoms with E-state index in [0.29, 0.717) is 11.1 Å². The van der Waals surface area contributed by atoms with Crippen LogP contribution in [0.15, 0.2) is 24.3 Å². The monoisotopic (exact) mass is 291 g/mol. The molecule has 21 heavy (non-hydrogen) atoms. The molecule has 0 aliphatic carbocycles. The Labute approximate surface area is 127 Å². The second-order valence-electron chi connectivity index (χ2n) is 5.07. The molecule has 0 saturated heterocycles. The molecule has 0 aliphatic heterocycles. The second-order valence-corrected chi connectivity index (χ2v) is 5.07. The maximum Gasteiger partial charge on any atom is 0.337 e. The highest BCUT2D eigenvalue weighted by Crippen LogP contribution is 2.10. The molecule has 0 atom stereocenters. The molecule has 4 heteroatoms. The van der Waals surface area contributed by atoms with Crippen molar-refractivity contribution in [1.82, 2.24) is 4.90 Å². The van der Waals surface area contributed by atoms with E-state index in [9.17, 15) is 9.59 Å². The fourth-order valence-electron chi connectivity index (χ4n) is 2.06. The van der Waals surface area contributed by atoms with Gasteiger partial charge in [0.2, 0.25) is 0 Å². The lowest BCUT2D eigenvalue weighted by Gasteiger charge is -2.22. The number of benzene rings is 1. The molecule has 0 unspecified atom stereocenters. The SMILES string of the molecule is CCCCN(CCCC)C(=O)c1ccc(C(=O)OC)cc1. The molecule has 0 fully saturated rings. The van der Waals surface area contributed by atoms with Crippen molar-refractivity contribution in [3.63, 3.8) is 0 Å². The first-order chi connectivity index (χ1) is 10.1. The van der Waals surface area contributed by atoms with E-state index >= 15 is 0 Å². The fourth-order valence-corrected chi connectivity index (χ4v) is 2.06. The van der Waals surface area contributed by atoms with Crippen molar-refractivity contribution in [2.45, 2.75) is 39.5 Å². The van der Waals surface area contributed by atoms with Gasteiger partial charge in [-0.1, -0.05) is 26.7 Å². The number of esters is 1. The summed E-state index contributed by atoms with van der Waals surface area (Å²) in [5.41, 5.74) is 1.08. The molecule has 1 aromatic rings. The van der Waals surface area contributed by atoms with Gasteiger partial charge in [0, 0.05) is 18.7 Å². The van der Waals surface area contributed by atoms with E-state index in [2.05, 4.69) is 18.6 Å². The van der Waals surface area contributed by atoms with Crippen molar-refractivity contribution in [1.29, 1.82) is 0 Å². The molecule has 4 nitrogen and oxygen atoms in total. The first-order valence-corrected chi connectivity index (χ1v) is 7.61. The summed E-state index contributed by atoms with van der Waals surface area (Å²) in [6, 6.07) is 6.66. The largest absolute Gasteiger partial charge is 0.465 e. The van der Waals surface area contributed by atoms with Gasteiger partial charge in [-0.05, 0) is 37.1 Å². The number of ether oxygens (including phenoxy) is 1. The fraction of sp³-hybridized carbons (Fsp3) is 0.529. The van der Waals surface area contributed by atoms with E-state index in [1.165, 1.54) is 7.11 Å². The van der Waals surface area contributed by atoms with Crippen LogP contribution in [0.3, 0.4) is 0 Å². The van der Waals surface area contributed by atoms with Gasteiger partial charge in [0.15, 0.2) is 0 Å². The highest BCUT2D eigenvalue weighted by Gasteiger charge is 2.15. The van der Waals surface area contributed by atoms with Crippen molar-refractivity contribution in [2.24, 2.45) is 0 Å². The van der Waals surface area contributed by atoms with Gasteiger partial charge in [-0.3, -0.25) is 4.79 Å². The third-order valence-corrected chi connectivity index (χ3v) is 3.40. The molecular weight excluding hydrogens is 266 g/mol. The van der Waals surface area contributed by atoms with Gasteiger partial charge < -0.3 is 9.64 Å². The van der Waals surface area contributed by atoms with Gasteiger partial charge in [0.1, 0.15) is 0 Å². The lowest BCUT2D eigenvalue weighted by molar-refractivity contribution is 0.0599. The average molecular weight is 291 g/mol. The van der Waals surface area contributed by atoms with Crippen LogP contribution in [-0.2, 0) is 4.74 Å². The Morgan fingerprint density at radius 3 is 1.86 bits per heavy atom. The standard InChI is InChI=1S/C17H25NO3/c1-4-6-12-18(13-7-5-2)16(19)14-8-10-15(11-9-14)17(20)21-3/h8-11H,4-7,12-13H2,1-3H3. The van der Waals surface area contributed by atoms with Gasteiger partial charge in [0.25, 0.3) is 5.91 Å². The minimum atomic E-state index is -0.386. The minimum absolute atomic E-state index is 0.0355. The molecule has 0 bridgehead atoms. The molecule has 1 rings (SSSR count). The Bertz CT molecular complexity index is 446. The molecule has 116 valence electrons. The van der Waals surface area contributed by atoms with Crippen LogP contribution in [0.1, 0.15) is 60.2 Å². The van der Waals surface area contributed by atoms with E-state index < -0.39 is 0 Å². The van der Waals surface area contributed by atoms with E-state index in [1.54, 1.807) is 24.3 Å². The molecule has 0 radical (unpaired) electrons. The summed E-state index contributed by atoms with van der Waals surface area (Å²) in [6.45, 7) is 5.81. The lowest BCUT2D eigenvalue weighted by atomic mass is 10.1. The zero-order chi connectivity index (χ0) is 15.7. The summed E-state index contributed by atoms with van der Waals surface area (Å²) >= 11 is 0. The van der Waals surface area contributed by atoms with Crippen molar-refractivity contribution in [3.05, 3.63) is 35.4 Å². The topological polar surface area (TPSA) is 46.6 Å². The Kier molecular flexibility index (Phi) is 7.51. The van der Waals surface area contributed by atoms with Crippen molar-refractivity contribution < 1.29 is 14.3 Å². The minimum Gasteiger partial charge on any atom is -0.465 e. The molecule has 0 aromatic heterocycles. The highest BCUT2D eigenvalue weighted by atomic mass is 16.5. The average Bonchev–Trinajstić information content (AvgIpc) is 2.54. The van der Waals surface area contributed by atoms with Crippen LogP contribution in [-0.4, -0.2) is 37.0 Å². The zero-order valence-corrected chi connectivity index (χ0v) is 13.2. The van der Waals surface area contributed by atoms with E-state index in [1.807, 2.05) is 4.90 Å². The maximum atomic E-state index is 12.5. The summed E-state index contributed by atoms with van der Waals surface area (Å²) in [7, 11) is 1.35. The first-order valence-electron chi connectivity index (χ1n) is 7.61. The smallest absolute Gasteiger partial charge is 0.337 e. The normalized spacial score (nSPS) is 10.2. The van der Waals surface area contributed by atoms with E-state index in [0.717, 1.165) is 38.8 Å². The van der Waals surface area contributed by atoms with Crippen molar-refractivity contribution in [3.8, 4) is 0 Å². The van der Waals surface area contributed by atoms with E-state index in [4.69, 9.17) is 0 Å². The lowest BCUT2D eigenvalue weighted by Crippen LogP contribution is -2.33. The number of unbranched alkanes of at least 4 members (excludes halogenated alkanes) is 2. The summed E-state index contributed by atoms with van der Waals surface area (Å²) < 4.78 is 4.66. The Hall–Kier alpha value is -1.84. The first kappa shape index (κ1) is 17.2. The van der Waals surface area contributed by atoms with Crippen LogP contribution < -0.4 is 0 Å². The zero-order valence-electron chi connectivity index (χ0n) is 13.2. The molecule has 1 aromatic carbocycles. The number of rotatable bonds is 8. The van der Waals surface area contributed by atoms with Gasteiger partial charge in [-0.2, -0.15) is 0 Å². The summed E-state index contributed by atoms with van der Waals surface area (Å²) in [5.74, 6) is -0.351. The predicted molar refractivity (Wildman–Crippen MR) is 83.5 cm³/mol. The molecular formula is C17H25NO3. The number of carbonyl (C=O) groups excluding carboxylic acids is 2. The predicted octanol–water partition coefficient (Wildman–Crippen LogP) is 3.52. The van der Waals surface area contributed by atoms with Crippen LogP contribution in [0, 0.1) is 0 Å². The number of hydrogen-bond donors (Lipinski definition) is 0. The Morgan fingerprint density at radius 2 is 1.43 bits per heavy atom. The molecule has 0 heterocycles. The van der Waals surface area contributed by atoms with E-state index in [-0.39, 0.29) is 11.9 Å². The Balaban J connectivity index is 2.79. The Morgan fingerprint density at radius 1 is 0.952 bits per heavy atom. The van der Waals surface area contributed by atoms with Crippen LogP contribution in [0.5, 0.6) is 0 Å². The van der Waals surface area contributed by atoms with Gasteiger partial charge in [0.05, 0.1) is 12.7 Å². The molecule has 0 aliphatic rings. The number of hydrogen-bond acceptors (Lipinski definition) is 3. The molecule has 1 amide bonds.